The Morgan fingerprint density at radius 2 is 2.14 bits per heavy atom. The highest BCUT2D eigenvalue weighted by Gasteiger charge is 2.00. The number of allylic oxidation sites excluding steroid dienone is 1. The first kappa shape index (κ1) is 10.8. The second-order valence-electron chi connectivity index (χ2n) is 3.67. The highest BCUT2D eigenvalue weighted by molar-refractivity contribution is 5.37. The number of hydrogen-bond donors (Lipinski definition) is 0. The van der Waals surface area contributed by atoms with Crippen molar-refractivity contribution >= 4 is 12.7 Å². The van der Waals surface area contributed by atoms with E-state index in [1.54, 1.807) is 6.08 Å². The predicted octanol–water partition coefficient (Wildman–Crippen LogP) is 2.58. The normalized spacial score (nSPS) is 14.0. The summed E-state index contributed by atoms with van der Waals surface area (Å²) in [5, 5.41) is 2.25. The largest absolute Gasteiger partial charge is 0.0990 e. The Hall–Kier alpha value is -1.30. The zero-order valence-corrected chi connectivity index (χ0v) is 9.09. The highest BCUT2D eigenvalue weighted by atomic mass is 14.1. The number of benzene rings is 1. The number of rotatable bonds is 3. The maximum absolute atomic E-state index is 4.04. The fourth-order valence-electron chi connectivity index (χ4n) is 1.46. The summed E-state index contributed by atoms with van der Waals surface area (Å²) in [6, 6.07) is 6.47. The quantitative estimate of drug-likeness (QED) is 0.680. The van der Waals surface area contributed by atoms with Gasteiger partial charge in [0.25, 0.3) is 0 Å². The van der Waals surface area contributed by atoms with Gasteiger partial charge in [-0.1, -0.05) is 57.4 Å². The minimum atomic E-state index is 0.619. The molecule has 0 heterocycles. The van der Waals surface area contributed by atoms with E-state index in [2.05, 4.69) is 45.2 Å². The topological polar surface area (TPSA) is 0 Å². The van der Waals surface area contributed by atoms with Crippen molar-refractivity contribution in [2.24, 2.45) is 0 Å². The summed E-state index contributed by atoms with van der Waals surface area (Å²) in [6.07, 6.45) is 4.96. The molecule has 1 aromatic rings. The van der Waals surface area contributed by atoms with E-state index in [1.165, 1.54) is 12.0 Å². The van der Waals surface area contributed by atoms with Gasteiger partial charge in [0.1, 0.15) is 0 Å². The van der Waals surface area contributed by atoms with Crippen LogP contribution in [0.5, 0.6) is 0 Å². The van der Waals surface area contributed by atoms with E-state index in [9.17, 15) is 0 Å². The molecule has 0 N–H and O–H groups in total. The van der Waals surface area contributed by atoms with Crippen molar-refractivity contribution in [1.29, 1.82) is 0 Å². The molecule has 1 aromatic carbocycles. The number of hydrogen-bond acceptors (Lipinski definition) is 0. The Morgan fingerprint density at radius 3 is 2.64 bits per heavy atom. The summed E-state index contributed by atoms with van der Waals surface area (Å²) in [4.78, 5) is 0. The molecule has 0 amide bonds. The van der Waals surface area contributed by atoms with Gasteiger partial charge in [0.15, 0.2) is 0 Å². The fraction of sp³-hybridized carbons (Fsp3) is 0.286. The Labute approximate surface area is 86.3 Å². The van der Waals surface area contributed by atoms with Crippen LogP contribution >= 0.6 is 0 Å². The van der Waals surface area contributed by atoms with Crippen molar-refractivity contribution in [3.8, 4) is 0 Å². The van der Waals surface area contributed by atoms with E-state index in [4.69, 9.17) is 0 Å². The van der Waals surface area contributed by atoms with Crippen molar-refractivity contribution < 1.29 is 0 Å². The van der Waals surface area contributed by atoms with Crippen LogP contribution in [0.3, 0.4) is 0 Å². The van der Waals surface area contributed by atoms with E-state index in [1.807, 2.05) is 6.08 Å². The van der Waals surface area contributed by atoms with Gasteiger partial charge in [0, 0.05) is 0 Å². The molecule has 0 fully saturated rings. The van der Waals surface area contributed by atoms with E-state index in [0.29, 0.717) is 5.92 Å². The van der Waals surface area contributed by atoms with Crippen LogP contribution in [0, 0.1) is 0 Å². The lowest BCUT2D eigenvalue weighted by Gasteiger charge is -2.08. The first-order valence-electron chi connectivity index (χ1n) is 5.10. The molecule has 0 spiro atoms. The van der Waals surface area contributed by atoms with E-state index in [0.717, 1.165) is 10.4 Å². The van der Waals surface area contributed by atoms with E-state index in [-0.39, 0.29) is 0 Å². The third kappa shape index (κ3) is 2.35. The Morgan fingerprint density at radius 1 is 1.43 bits per heavy atom. The third-order valence-corrected chi connectivity index (χ3v) is 2.65. The average Bonchev–Trinajstić information content (AvgIpc) is 2.20. The van der Waals surface area contributed by atoms with Gasteiger partial charge in [-0.15, -0.1) is 0 Å². The van der Waals surface area contributed by atoms with Gasteiger partial charge in [-0.2, -0.15) is 0 Å². The summed E-state index contributed by atoms with van der Waals surface area (Å²) in [5.41, 5.74) is 1.37. The zero-order valence-electron chi connectivity index (χ0n) is 9.09. The van der Waals surface area contributed by atoms with Gasteiger partial charge in [-0.3, -0.25) is 0 Å². The Balaban J connectivity index is 3.20. The summed E-state index contributed by atoms with van der Waals surface area (Å²) < 4.78 is 0. The standard InChI is InChI=1S/C14H18/c1-5-7-13-8-9-14(10-12(13)4)11(3)6-2/h5,7-11H,1,4,6H2,2-3H3/b13-7-. The molecule has 0 aromatic heterocycles. The highest BCUT2D eigenvalue weighted by Crippen LogP contribution is 2.15. The average molecular weight is 186 g/mol. The van der Waals surface area contributed by atoms with Crippen LogP contribution < -0.4 is 10.4 Å². The van der Waals surface area contributed by atoms with Gasteiger partial charge in [0.05, 0.1) is 0 Å². The van der Waals surface area contributed by atoms with E-state index < -0.39 is 0 Å². The first-order chi connectivity index (χ1) is 6.69. The lowest BCUT2D eigenvalue weighted by Crippen LogP contribution is -2.23. The van der Waals surface area contributed by atoms with Crippen molar-refractivity contribution in [2.75, 3.05) is 0 Å². The van der Waals surface area contributed by atoms with Gasteiger partial charge >= 0.3 is 0 Å². The smallest absolute Gasteiger partial charge is 0.0190 e. The lowest BCUT2D eigenvalue weighted by atomic mass is 9.98. The molecule has 0 aliphatic carbocycles. The summed E-state index contributed by atoms with van der Waals surface area (Å²) in [6.45, 7) is 12.2. The first-order valence-corrected chi connectivity index (χ1v) is 5.10. The Bertz CT molecular complexity index is 412. The molecule has 14 heavy (non-hydrogen) atoms. The van der Waals surface area contributed by atoms with Crippen LogP contribution in [0.1, 0.15) is 31.7 Å². The molecular formula is C14H18. The maximum Gasteiger partial charge on any atom is -0.0190 e. The van der Waals surface area contributed by atoms with E-state index >= 15 is 0 Å². The predicted molar refractivity (Wildman–Crippen MR) is 64.6 cm³/mol. The molecule has 1 unspecified atom stereocenters. The van der Waals surface area contributed by atoms with Crippen molar-refractivity contribution in [2.45, 2.75) is 26.2 Å². The molecular weight excluding hydrogens is 168 g/mol. The molecule has 1 atom stereocenters. The van der Waals surface area contributed by atoms with Crippen LogP contribution in [0.2, 0.25) is 0 Å². The monoisotopic (exact) mass is 186 g/mol. The van der Waals surface area contributed by atoms with Gasteiger partial charge in [0.2, 0.25) is 0 Å². The lowest BCUT2D eigenvalue weighted by molar-refractivity contribution is 0.732. The molecule has 74 valence electrons. The van der Waals surface area contributed by atoms with Crippen LogP contribution in [0.25, 0.3) is 12.7 Å². The molecule has 0 aliphatic rings. The SMILES string of the molecule is C=C/C=c1/ccc(C(C)CC)cc1=C. The molecule has 0 nitrogen and oxygen atoms in total. The van der Waals surface area contributed by atoms with Crippen LogP contribution in [-0.2, 0) is 0 Å². The third-order valence-electron chi connectivity index (χ3n) is 2.65. The maximum atomic E-state index is 4.04. The zero-order chi connectivity index (χ0) is 10.6. The molecule has 1 rings (SSSR count). The van der Waals surface area contributed by atoms with Gasteiger partial charge in [-0.25, -0.2) is 0 Å². The molecule has 0 bridgehead atoms. The summed E-state index contributed by atoms with van der Waals surface area (Å²) in [5.74, 6) is 0.619. The molecule has 0 radical (unpaired) electrons. The van der Waals surface area contributed by atoms with Gasteiger partial charge in [-0.05, 0) is 28.3 Å². The van der Waals surface area contributed by atoms with Crippen molar-refractivity contribution in [3.05, 3.63) is 46.9 Å². The van der Waals surface area contributed by atoms with Crippen molar-refractivity contribution in [1.82, 2.24) is 0 Å². The van der Waals surface area contributed by atoms with Crippen LogP contribution in [0.15, 0.2) is 30.9 Å². The van der Waals surface area contributed by atoms with Crippen LogP contribution in [-0.4, -0.2) is 0 Å². The summed E-state index contributed by atoms with van der Waals surface area (Å²) in [7, 11) is 0. The minimum absolute atomic E-state index is 0.619. The fourth-order valence-corrected chi connectivity index (χ4v) is 1.46. The second-order valence-corrected chi connectivity index (χ2v) is 3.67. The van der Waals surface area contributed by atoms with Crippen LogP contribution in [0.4, 0.5) is 0 Å². The summed E-state index contributed by atoms with van der Waals surface area (Å²) >= 11 is 0. The molecule has 0 saturated carbocycles. The molecule has 0 saturated heterocycles. The molecule has 0 heteroatoms. The Kier molecular flexibility index (Phi) is 3.70. The second kappa shape index (κ2) is 4.80. The van der Waals surface area contributed by atoms with Crippen molar-refractivity contribution in [3.63, 3.8) is 0 Å². The molecule has 0 aliphatic heterocycles. The minimum Gasteiger partial charge on any atom is -0.0990 e. The van der Waals surface area contributed by atoms with Gasteiger partial charge < -0.3 is 0 Å².